The lowest BCUT2D eigenvalue weighted by Crippen LogP contribution is -2.13. The van der Waals surface area contributed by atoms with Crippen molar-refractivity contribution in [2.45, 2.75) is 52.5 Å². The van der Waals surface area contributed by atoms with Crippen molar-refractivity contribution >= 4 is 11.8 Å². The number of benzene rings is 1. The van der Waals surface area contributed by atoms with E-state index in [1.165, 1.54) is 16.3 Å². The molecule has 1 aromatic heterocycles. The van der Waals surface area contributed by atoms with Crippen molar-refractivity contribution < 1.29 is 14.8 Å². The van der Waals surface area contributed by atoms with E-state index in [0.717, 1.165) is 12.0 Å². The Morgan fingerprint density at radius 1 is 1.31 bits per heavy atom. The molecule has 0 saturated heterocycles. The number of nitro groups is 1. The molecule has 0 radical (unpaired) electrons. The number of aliphatic carboxylic acids is 1. The molecule has 0 bridgehead atoms. The summed E-state index contributed by atoms with van der Waals surface area (Å²) in [6.07, 6.45) is 3.12. The molecule has 7 heteroatoms. The van der Waals surface area contributed by atoms with Gasteiger partial charge >= 0.3 is 11.8 Å². The predicted molar refractivity (Wildman–Crippen MR) is 98.2 cm³/mol. The van der Waals surface area contributed by atoms with Crippen LogP contribution in [0, 0.1) is 23.0 Å². The van der Waals surface area contributed by atoms with Gasteiger partial charge in [0.1, 0.15) is 6.20 Å². The van der Waals surface area contributed by atoms with Crippen molar-refractivity contribution in [3.8, 4) is 0 Å². The Hall–Kier alpha value is -2.70. The van der Waals surface area contributed by atoms with E-state index in [2.05, 4.69) is 18.8 Å². The second-order valence-corrected chi connectivity index (χ2v) is 6.94. The lowest BCUT2D eigenvalue weighted by Gasteiger charge is -2.14. The minimum Gasteiger partial charge on any atom is -0.481 e. The lowest BCUT2D eigenvalue weighted by molar-refractivity contribution is -0.392. The molecule has 0 amide bonds. The maximum absolute atomic E-state index is 11.7. The standard InChI is InChI=1S/C19H25N3O4/c1-13(2)11-15-6-8-16(9-7-15)17(19(23)24)5-4-10-21-14(3)20-12-18(21)22(25)26/h6-9,12-13,17H,4-5,10-11H2,1-3H3,(H,23,24)/t17-/m0/s1. The number of carboxylic acids is 1. The Morgan fingerprint density at radius 2 is 1.96 bits per heavy atom. The van der Waals surface area contributed by atoms with E-state index in [1.807, 2.05) is 24.3 Å². The molecule has 0 aliphatic carbocycles. The van der Waals surface area contributed by atoms with Crippen LogP contribution in [0.2, 0.25) is 0 Å². The average molecular weight is 359 g/mol. The summed E-state index contributed by atoms with van der Waals surface area (Å²) in [6.45, 7) is 6.36. The number of nitrogens with zero attached hydrogens (tertiary/aromatic N) is 3. The van der Waals surface area contributed by atoms with E-state index >= 15 is 0 Å². The van der Waals surface area contributed by atoms with Crippen molar-refractivity contribution in [1.29, 1.82) is 0 Å². The maximum atomic E-state index is 11.7. The van der Waals surface area contributed by atoms with Crippen LogP contribution in [-0.2, 0) is 17.8 Å². The van der Waals surface area contributed by atoms with Crippen LogP contribution < -0.4 is 0 Å². The molecule has 140 valence electrons. The van der Waals surface area contributed by atoms with E-state index in [0.29, 0.717) is 31.1 Å². The fourth-order valence-corrected chi connectivity index (χ4v) is 3.12. The SMILES string of the molecule is Cc1ncc([N+](=O)[O-])n1CCC[C@H](C(=O)O)c1ccc(CC(C)C)cc1. The largest absolute Gasteiger partial charge is 0.481 e. The lowest BCUT2D eigenvalue weighted by atomic mass is 9.92. The van der Waals surface area contributed by atoms with Crippen molar-refractivity contribution in [3.05, 3.63) is 57.5 Å². The highest BCUT2D eigenvalue weighted by atomic mass is 16.6. The maximum Gasteiger partial charge on any atom is 0.342 e. The van der Waals surface area contributed by atoms with Gasteiger partial charge in [0.05, 0.1) is 12.5 Å². The van der Waals surface area contributed by atoms with Crippen LogP contribution in [0.15, 0.2) is 30.5 Å². The Kier molecular flexibility index (Phi) is 6.49. The fourth-order valence-electron chi connectivity index (χ4n) is 3.12. The number of carboxylic acid groups (broad SMARTS) is 1. The van der Waals surface area contributed by atoms with Crippen LogP contribution in [0.25, 0.3) is 0 Å². The van der Waals surface area contributed by atoms with Gasteiger partial charge in [-0.2, -0.15) is 0 Å². The molecule has 1 aromatic carbocycles. The number of imidazole rings is 1. The first-order valence-corrected chi connectivity index (χ1v) is 8.77. The summed E-state index contributed by atoms with van der Waals surface area (Å²) < 4.78 is 1.52. The number of aromatic nitrogens is 2. The van der Waals surface area contributed by atoms with E-state index in [1.54, 1.807) is 6.92 Å². The van der Waals surface area contributed by atoms with Crippen molar-refractivity contribution in [1.82, 2.24) is 9.55 Å². The normalized spacial score (nSPS) is 12.3. The van der Waals surface area contributed by atoms with Gasteiger partial charge in [-0.05, 0) is 41.2 Å². The van der Waals surface area contributed by atoms with Gasteiger partial charge < -0.3 is 15.2 Å². The Morgan fingerprint density at radius 3 is 2.50 bits per heavy atom. The van der Waals surface area contributed by atoms with Gasteiger partial charge in [0.2, 0.25) is 0 Å². The minimum atomic E-state index is -0.876. The first kappa shape index (κ1) is 19.6. The number of carbonyl (C=O) groups is 1. The van der Waals surface area contributed by atoms with Crippen LogP contribution in [0.5, 0.6) is 0 Å². The molecule has 1 heterocycles. The van der Waals surface area contributed by atoms with E-state index in [9.17, 15) is 20.0 Å². The smallest absolute Gasteiger partial charge is 0.342 e. The second kappa shape index (κ2) is 8.60. The third-order valence-corrected chi connectivity index (χ3v) is 4.42. The number of rotatable bonds is 9. The molecule has 2 rings (SSSR count). The molecular weight excluding hydrogens is 334 g/mol. The molecule has 0 aliphatic heterocycles. The van der Waals surface area contributed by atoms with Crippen LogP contribution in [0.4, 0.5) is 5.82 Å². The third kappa shape index (κ3) is 4.91. The van der Waals surface area contributed by atoms with E-state index in [-0.39, 0.29) is 5.82 Å². The molecule has 1 atom stereocenters. The van der Waals surface area contributed by atoms with Crippen LogP contribution >= 0.6 is 0 Å². The second-order valence-electron chi connectivity index (χ2n) is 6.94. The number of hydrogen-bond acceptors (Lipinski definition) is 4. The minimum absolute atomic E-state index is 0.0626. The Balaban J connectivity index is 2.04. The van der Waals surface area contributed by atoms with E-state index in [4.69, 9.17) is 0 Å². The summed E-state index contributed by atoms with van der Waals surface area (Å²) in [6, 6.07) is 7.72. The van der Waals surface area contributed by atoms with Gasteiger partial charge in [-0.1, -0.05) is 38.1 Å². The highest BCUT2D eigenvalue weighted by molar-refractivity contribution is 5.76. The summed E-state index contributed by atoms with van der Waals surface area (Å²) in [4.78, 5) is 26.2. The quantitative estimate of drug-likeness (QED) is 0.540. The van der Waals surface area contributed by atoms with Crippen molar-refractivity contribution in [2.75, 3.05) is 0 Å². The molecule has 0 unspecified atom stereocenters. The number of hydrogen-bond donors (Lipinski definition) is 1. The van der Waals surface area contributed by atoms with Crippen LogP contribution in [-0.4, -0.2) is 25.6 Å². The zero-order chi connectivity index (χ0) is 19.3. The van der Waals surface area contributed by atoms with Gasteiger partial charge in [-0.15, -0.1) is 0 Å². The monoisotopic (exact) mass is 359 g/mol. The summed E-state index contributed by atoms with van der Waals surface area (Å²) in [5.74, 6) is -0.455. The van der Waals surface area contributed by atoms with Crippen molar-refractivity contribution in [2.24, 2.45) is 5.92 Å². The molecular formula is C19H25N3O4. The highest BCUT2D eigenvalue weighted by Crippen LogP contribution is 2.24. The first-order chi connectivity index (χ1) is 12.3. The Labute approximate surface area is 152 Å². The van der Waals surface area contributed by atoms with E-state index < -0.39 is 16.8 Å². The van der Waals surface area contributed by atoms with Crippen LogP contribution in [0.3, 0.4) is 0 Å². The zero-order valence-corrected chi connectivity index (χ0v) is 15.4. The molecule has 0 fully saturated rings. The molecule has 26 heavy (non-hydrogen) atoms. The molecule has 0 spiro atoms. The summed E-state index contributed by atoms with van der Waals surface area (Å²) in [7, 11) is 0. The highest BCUT2D eigenvalue weighted by Gasteiger charge is 2.22. The van der Waals surface area contributed by atoms with Gasteiger partial charge in [0.25, 0.3) is 0 Å². The van der Waals surface area contributed by atoms with Gasteiger partial charge in [0, 0.05) is 6.92 Å². The van der Waals surface area contributed by atoms with Crippen LogP contribution in [0.1, 0.15) is 49.6 Å². The first-order valence-electron chi connectivity index (χ1n) is 8.77. The van der Waals surface area contributed by atoms with Gasteiger partial charge in [-0.3, -0.25) is 4.79 Å². The molecule has 0 saturated carbocycles. The predicted octanol–water partition coefficient (Wildman–Crippen LogP) is 3.95. The number of aryl methyl sites for hydroxylation is 1. The zero-order valence-electron chi connectivity index (χ0n) is 15.4. The molecule has 2 aromatic rings. The molecule has 0 aliphatic rings. The molecule has 7 nitrogen and oxygen atoms in total. The van der Waals surface area contributed by atoms with Gasteiger partial charge in [0.15, 0.2) is 5.82 Å². The fraction of sp³-hybridized carbons (Fsp3) is 0.474. The third-order valence-electron chi connectivity index (χ3n) is 4.42. The average Bonchev–Trinajstić information content (AvgIpc) is 2.93. The Bertz CT molecular complexity index is 766. The topological polar surface area (TPSA) is 98.3 Å². The summed E-state index contributed by atoms with van der Waals surface area (Å²) in [5.41, 5.74) is 1.96. The summed E-state index contributed by atoms with van der Waals surface area (Å²) >= 11 is 0. The van der Waals surface area contributed by atoms with Crippen molar-refractivity contribution in [3.63, 3.8) is 0 Å². The summed E-state index contributed by atoms with van der Waals surface area (Å²) in [5, 5.41) is 20.6. The van der Waals surface area contributed by atoms with Gasteiger partial charge in [-0.25, -0.2) is 9.55 Å². The molecule has 1 N–H and O–H groups in total.